The predicted molar refractivity (Wildman–Crippen MR) is 136 cm³/mol. The smallest absolute Gasteiger partial charge is 0.366 e. The molecule has 0 aliphatic rings. The van der Waals surface area contributed by atoms with E-state index >= 15 is 0 Å². The van der Waals surface area contributed by atoms with Gasteiger partial charge in [-0.25, -0.2) is 9.78 Å². The number of carbonyl (C=O) groups excluding carboxylic acids is 2. The number of benzene rings is 2. The molecule has 0 radical (unpaired) electrons. The van der Waals surface area contributed by atoms with E-state index in [1.807, 2.05) is 0 Å². The molecule has 1 aromatic heterocycles. The summed E-state index contributed by atoms with van der Waals surface area (Å²) in [5.41, 5.74) is -2.90. The standard InChI is InChI=1S/C22H15Cl2N5O11/c1-7-15(19(24)25-8(2)16(7)23)20(26-21(34)9-3-11(28(36)37)17(32)13(30)5-9)27-40-22(35)10-4-12(29(38)39)18(33)14(31)6-10/h3-6,30-33H,1-2H3,(H,26,27,34). The summed E-state index contributed by atoms with van der Waals surface area (Å²) in [5.74, 6) is -7.40. The average Bonchev–Trinajstić information content (AvgIpc) is 2.87. The van der Waals surface area contributed by atoms with Gasteiger partial charge in [-0.2, -0.15) is 0 Å². The van der Waals surface area contributed by atoms with Crippen LogP contribution in [-0.2, 0) is 4.84 Å². The minimum absolute atomic E-state index is 0.0738. The molecule has 0 fully saturated rings. The third-order valence-corrected chi connectivity index (χ3v) is 6.04. The molecule has 0 unspecified atom stereocenters. The summed E-state index contributed by atoms with van der Waals surface area (Å²) < 4.78 is 0. The molecule has 0 spiro atoms. The van der Waals surface area contributed by atoms with Gasteiger partial charge in [0.05, 0.1) is 37.3 Å². The number of nitrogens with zero attached hydrogens (tertiary/aromatic N) is 4. The quantitative estimate of drug-likeness (QED) is 0.0521. The van der Waals surface area contributed by atoms with Gasteiger partial charge in [-0.3, -0.25) is 25.0 Å². The topological polar surface area (TPSA) is 248 Å². The molecule has 3 rings (SSSR count). The lowest BCUT2D eigenvalue weighted by Crippen LogP contribution is -2.33. The predicted octanol–water partition coefficient (Wildman–Crippen LogP) is 3.59. The number of hydrogen-bond acceptors (Lipinski definition) is 13. The van der Waals surface area contributed by atoms with Crippen LogP contribution in [0.25, 0.3) is 0 Å². The molecule has 40 heavy (non-hydrogen) atoms. The van der Waals surface area contributed by atoms with Gasteiger partial charge < -0.3 is 30.6 Å². The van der Waals surface area contributed by atoms with Gasteiger partial charge in [0.25, 0.3) is 5.91 Å². The molecular formula is C22H15Cl2N5O11. The highest BCUT2D eigenvalue weighted by Crippen LogP contribution is 2.37. The van der Waals surface area contributed by atoms with E-state index in [0.29, 0.717) is 24.3 Å². The number of phenols is 4. The average molecular weight is 596 g/mol. The monoisotopic (exact) mass is 595 g/mol. The van der Waals surface area contributed by atoms with Crippen LogP contribution in [0.5, 0.6) is 23.0 Å². The number of aryl methyl sites for hydroxylation is 1. The Hall–Kier alpha value is -5.22. The van der Waals surface area contributed by atoms with E-state index in [4.69, 9.17) is 28.0 Å². The molecule has 16 nitrogen and oxygen atoms in total. The number of amidine groups is 1. The number of nitrogens with one attached hydrogen (secondary N) is 1. The minimum atomic E-state index is -1.40. The second-order valence-electron chi connectivity index (χ2n) is 7.82. The number of aromatic hydroxyl groups is 4. The van der Waals surface area contributed by atoms with Gasteiger partial charge in [-0.1, -0.05) is 28.4 Å². The Morgan fingerprint density at radius 2 is 1.43 bits per heavy atom. The second-order valence-corrected chi connectivity index (χ2v) is 8.55. The summed E-state index contributed by atoms with van der Waals surface area (Å²) in [7, 11) is 0. The Balaban J connectivity index is 2.10. The first-order valence-electron chi connectivity index (χ1n) is 10.5. The van der Waals surface area contributed by atoms with Crippen LogP contribution in [0, 0.1) is 34.1 Å². The van der Waals surface area contributed by atoms with Crippen molar-refractivity contribution in [1.29, 1.82) is 0 Å². The van der Waals surface area contributed by atoms with Crippen molar-refractivity contribution in [2.24, 2.45) is 5.16 Å². The maximum Gasteiger partial charge on any atom is 0.366 e. The van der Waals surface area contributed by atoms with E-state index in [1.54, 1.807) is 0 Å². The lowest BCUT2D eigenvalue weighted by atomic mass is 10.1. The molecule has 3 aromatic rings. The first-order valence-corrected chi connectivity index (χ1v) is 11.2. The number of nitro groups is 2. The van der Waals surface area contributed by atoms with E-state index in [1.165, 1.54) is 13.8 Å². The zero-order valence-electron chi connectivity index (χ0n) is 20.0. The molecule has 1 heterocycles. The number of rotatable bonds is 6. The van der Waals surface area contributed by atoms with Gasteiger partial charge in [-0.15, -0.1) is 0 Å². The Morgan fingerprint density at radius 3 is 1.95 bits per heavy atom. The van der Waals surface area contributed by atoms with E-state index in [-0.39, 0.29) is 27.0 Å². The van der Waals surface area contributed by atoms with E-state index in [0.717, 1.165) is 0 Å². The number of pyridine rings is 1. The summed E-state index contributed by atoms with van der Waals surface area (Å²) in [6, 6.07) is 2.58. The van der Waals surface area contributed by atoms with E-state index < -0.39 is 73.1 Å². The van der Waals surface area contributed by atoms with Crippen molar-refractivity contribution in [3.8, 4) is 23.0 Å². The summed E-state index contributed by atoms with van der Waals surface area (Å²) in [6.45, 7) is 2.96. The molecule has 0 bridgehead atoms. The molecule has 2 aromatic carbocycles. The van der Waals surface area contributed by atoms with Crippen LogP contribution < -0.4 is 5.32 Å². The van der Waals surface area contributed by atoms with Crippen LogP contribution in [0.3, 0.4) is 0 Å². The maximum absolute atomic E-state index is 13.0. The molecule has 1 amide bonds. The summed E-state index contributed by atoms with van der Waals surface area (Å²) in [5, 5.41) is 66.7. The van der Waals surface area contributed by atoms with Crippen LogP contribution in [0.1, 0.15) is 37.5 Å². The first kappa shape index (κ1) is 29.3. The number of nitro benzene ring substituents is 2. The number of aromatic nitrogens is 1. The molecular weight excluding hydrogens is 581 g/mol. The van der Waals surface area contributed by atoms with Gasteiger partial charge in [0.1, 0.15) is 5.15 Å². The van der Waals surface area contributed by atoms with Crippen LogP contribution in [0.15, 0.2) is 29.4 Å². The normalized spacial score (nSPS) is 11.2. The zero-order valence-corrected chi connectivity index (χ0v) is 21.5. The van der Waals surface area contributed by atoms with Crippen molar-refractivity contribution in [1.82, 2.24) is 10.3 Å². The van der Waals surface area contributed by atoms with Crippen molar-refractivity contribution in [3.63, 3.8) is 0 Å². The lowest BCUT2D eigenvalue weighted by Gasteiger charge is -2.14. The molecule has 5 N–H and O–H groups in total. The summed E-state index contributed by atoms with van der Waals surface area (Å²) in [6.07, 6.45) is 0. The Morgan fingerprint density at radius 1 is 0.925 bits per heavy atom. The van der Waals surface area contributed by atoms with Gasteiger partial charge in [-0.05, 0) is 31.5 Å². The molecule has 0 saturated carbocycles. The second kappa shape index (κ2) is 11.3. The van der Waals surface area contributed by atoms with Crippen LogP contribution in [0.2, 0.25) is 10.2 Å². The third kappa shape index (κ3) is 5.77. The van der Waals surface area contributed by atoms with E-state index in [9.17, 15) is 50.2 Å². The molecule has 0 saturated heterocycles. The molecule has 18 heteroatoms. The van der Waals surface area contributed by atoms with Gasteiger partial charge >= 0.3 is 17.3 Å². The highest BCUT2D eigenvalue weighted by molar-refractivity contribution is 6.36. The summed E-state index contributed by atoms with van der Waals surface area (Å²) in [4.78, 5) is 54.5. The van der Waals surface area contributed by atoms with E-state index in [2.05, 4.69) is 15.5 Å². The molecule has 0 aliphatic heterocycles. The molecule has 0 aliphatic carbocycles. The van der Waals surface area contributed by atoms with Crippen LogP contribution in [-0.4, -0.2) is 53.0 Å². The number of carbonyl (C=O) groups is 2. The Kier molecular flexibility index (Phi) is 8.26. The van der Waals surface area contributed by atoms with Crippen molar-refractivity contribution in [2.75, 3.05) is 0 Å². The number of phenolic OH excluding ortho intramolecular Hbond substituents is 4. The lowest BCUT2D eigenvalue weighted by molar-refractivity contribution is -0.386. The SMILES string of the molecule is Cc1nc(Cl)c(/C(=N/OC(=O)c2cc(O)c(O)c([N+](=O)[O-])c2)NC(=O)c2cc(O)c(O)c([N+](=O)[O-])c2)c(C)c1Cl. The minimum Gasteiger partial charge on any atom is -0.504 e. The van der Waals surface area contributed by atoms with Crippen molar-refractivity contribution in [2.45, 2.75) is 13.8 Å². The van der Waals surface area contributed by atoms with Crippen LogP contribution >= 0.6 is 23.2 Å². The van der Waals surface area contributed by atoms with Crippen molar-refractivity contribution in [3.05, 3.63) is 82.6 Å². The highest BCUT2D eigenvalue weighted by atomic mass is 35.5. The number of oxime groups is 1. The van der Waals surface area contributed by atoms with Crippen LogP contribution in [0.4, 0.5) is 11.4 Å². The Bertz CT molecular complexity index is 1640. The van der Waals surface area contributed by atoms with Gasteiger partial charge in [0.15, 0.2) is 17.3 Å². The van der Waals surface area contributed by atoms with Gasteiger partial charge in [0.2, 0.25) is 11.5 Å². The molecule has 208 valence electrons. The first-order chi connectivity index (χ1) is 18.6. The largest absolute Gasteiger partial charge is 0.504 e. The molecule has 0 atom stereocenters. The van der Waals surface area contributed by atoms with Gasteiger partial charge in [0, 0.05) is 12.1 Å². The zero-order chi connectivity index (χ0) is 30.0. The highest BCUT2D eigenvalue weighted by Gasteiger charge is 2.26. The number of halogens is 2. The summed E-state index contributed by atoms with van der Waals surface area (Å²) >= 11 is 12.5. The fraction of sp³-hybridized carbons (Fsp3) is 0.0909. The fourth-order valence-corrected chi connectivity index (χ4v) is 3.74. The maximum atomic E-state index is 13.0. The fourth-order valence-electron chi connectivity index (χ4n) is 3.25. The third-order valence-electron chi connectivity index (χ3n) is 5.21. The Labute approximate surface area is 232 Å². The number of amides is 1. The van der Waals surface area contributed by atoms with Crippen molar-refractivity contribution >= 4 is 52.3 Å². The van der Waals surface area contributed by atoms with Crippen molar-refractivity contribution < 1.29 is 44.7 Å². The number of hydrogen-bond donors (Lipinski definition) is 5.